The Morgan fingerprint density at radius 2 is 2.07 bits per heavy atom. The number of carbonyl (C=O) groups is 1. The highest BCUT2D eigenvalue weighted by molar-refractivity contribution is 7.15. The number of nitrogens with one attached hydrogen (secondary N) is 1. The molecule has 1 aliphatic heterocycles. The summed E-state index contributed by atoms with van der Waals surface area (Å²) in [6, 6.07) is 6.57. The lowest BCUT2D eigenvalue weighted by molar-refractivity contribution is -0.159. The van der Waals surface area contributed by atoms with E-state index in [9.17, 15) is 18.0 Å². The molecule has 0 saturated carbocycles. The van der Waals surface area contributed by atoms with Crippen LogP contribution in [0.25, 0.3) is 10.7 Å². The average Bonchev–Trinajstić information content (AvgIpc) is 3.31. The van der Waals surface area contributed by atoms with E-state index in [-0.39, 0.29) is 18.3 Å². The van der Waals surface area contributed by atoms with Crippen molar-refractivity contribution >= 4 is 46.1 Å². The number of thiophene rings is 1. The summed E-state index contributed by atoms with van der Waals surface area (Å²) in [7, 11) is 0. The molecule has 6 nitrogen and oxygen atoms in total. The van der Waals surface area contributed by atoms with Gasteiger partial charge in [0.05, 0.1) is 21.5 Å². The smallest absolute Gasteiger partial charge is 0.329 e. The quantitative estimate of drug-likeness (QED) is 0.565. The Kier molecular flexibility index (Phi) is 5.75. The van der Waals surface area contributed by atoms with Gasteiger partial charge in [-0.1, -0.05) is 28.4 Å². The molecule has 12 heteroatoms. The predicted molar refractivity (Wildman–Crippen MR) is 107 cm³/mol. The molecule has 0 unspecified atom stereocenters. The molecule has 0 fully saturated rings. The van der Waals surface area contributed by atoms with Crippen LogP contribution < -0.4 is 5.32 Å². The van der Waals surface area contributed by atoms with Crippen LogP contribution in [0.15, 0.2) is 28.8 Å². The van der Waals surface area contributed by atoms with Crippen LogP contribution in [0.1, 0.15) is 16.3 Å². The molecule has 3 heterocycles. The summed E-state index contributed by atoms with van der Waals surface area (Å²) in [5, 5.41) is 6.94. The third-order valence-corrected chi connectivity index (χ3v) is 6.38. The number of rotatable bonds is 4. The first kappa shape index (κ1) is 21.1. The standard InChI is InChI=1S/C18H13Cl2F3N4O2S/c19-11-2-1-10(6-12(11)20)24-15(28)8-27-4-3-13-9(7-27)5-14(30-13)16-25-17(29-26-16)18(21,22)23/h1-2,5-6H,3-4,7-8H2,(H,24,28). The number of aromatic nitrogens is 2. The lowest BCUT2D eigenvalue weighted by Gasteiger charge is -2.26. The first-order valence-corrected chi connectivity index (χ1v) is 10.3. The summed E-state index contributed by atoms with van der Waals surface area (Å²) in [5.74, 6) is -1.67. The monoisotopic (exact) mass is 476 g/mol. The van der Waals surface area contributed by atoms with Crippen LogP contribution in [0.3, 0.4) is 0 Å². The number of carbonyl (C=O) groups excluding carboxylic acids is 1. The van der Waals surface area contributed by atoms with E-state index >= 15 is 0 Å². The Bertz CT molecular complexity index is 1100. The minimum Gasteiger partial charge on any atom is -0.329 e. The minimum absolute atomic E-state index is 0.0920. The Hall–Kier alpha value is -2.14. The fourth-order valence-electron chi connectivity index (χ4n) is 3.05. The van der Waals surface area contributed by atoms with E-state index in [0.717, 1.165) is 10.4 Å². The second kappa shape index (κ2) is 8.18. The van der Waals surface area contributed by atoms with Crippen molar-refractivity contribution in [2.45, 2.75) is 19.1 Å². The molecule has 1 aliphatic rings. The van der Waals surface area contributed by atoms with Crippen molar-refractivity contribution in [3.63, 3.8) is 0 Å². The van der Waals surface area contributed by atoms with Crippen LogP contribution in [-0.4, -0.2) is 34.0 Å². The second-order valence-electron chi connectivity index (χ2n) is 6.62. The van der Waals surface area contributed by atoms with Crippen molar-refractivity contribution in [3.8, 4) is 10.7 Å². The number of amides is 1. The van der Waals surface area contributed by atoms with Gasteiger partial charge in [-0.3, -0.25) is 9.69 Å². The molecule has 0 aliphatic carbocycles. The number of halogens is 5. The largest absolute Gasteiger partial charge is 0.471 e. The molecule has 158 valence electrons. The lowest BCUT2D eigenvalue weighted by atomic mass is 10.1. The molecule has 0 spiro atoms. The van der Waals surface area contributed by atoms with Gasteiger partial charge in [-0.25, -0.2) is 0 Å². The zero-order valence-corrected chi connectivity index (χ0v) is 17.4. The van der Waals surface area contributed by atoms with Gasteiger partial charge in [0.25, 0.3) is 0 Å². The number of alkyl halides is 3. The van der Waals surface area contributed by atoms with Crippen molar-refractivity contribution in [2.24, 2.45) is 0 Å². The zero-order valence-electron chi connectivity index (χ0n) is 15.1. The summed E-state index contributed by atoms with van der Waals surface area (Å²) in [5.41, 5.74) is 1.48. The highest BCUT2D eigenvalue weighted by atomic mass is 35.5. The lowest BCUT2D eigenvalue weighted by Crippen LogP contribution is -2.36. The van der Waals surface area contributed by atoms with Crippen molar-refractivity contribution in [3.05, 3.63) is 50.6 Å². The maximum absolute atomic E-state index is 12.7. The SMILES string of the molecule is O=C(CN1CCc2sc(-c3noc(C(F)(F)F)n3)cc2C1)Nc1ccc(Cl)c(Cl)c1. The summed E-state index contributed by atoms with van der Waals surface area (Å²) >= 11 is 13.2. The first-order chi connectivity index (χ1) is 14.2. The van der Waals surface area contributed by atoms with Crippen LogP contribution in [0.5, 0.6) is 0 Å². The number of hydrogen-bond donors (Lipinski definition) is 1. The average molecular weight is 477 g/mol. The van der Waals surface area contributed by atoms with E-state index in [0.29, 0.717) is 40.1 Å². The van der Waals surface area contributed by atoms with Gasteiger partial charge in [-0.2, -0.15) is 18.2 Å². The Morgan fingerprint density at radius 3 is 2.77 bits per heavy atom. The molecule has 2 aromatic heterocycles. The van der Waals surface area contributed by atoms with Gasteiger partial charge in [-0.05, 0) is 36.2 Å². The fourth-order valence-corrected chi connectivity index (χ4v) is 4.44. The predicted octanol–water partition coefficient (Wildman–Crippen LogP) is 5.12. The molecular formula is C18H13Cl2F3N4O2S. The topological polar surface area (TPSA) is 71.3 Å². The van der Waals surface area contributed by atoms with Gasteiger partial charge in [0.2, 0.25) is 11.7 Å². The van der Waals surface area contributed by atoms with Gasteiger partial charge < -0.3 is 9.84 Å². The normalized spacial score (nSPS) is 14.6. The number of fused-ring (bicyclic) bond motifs is 1. The van der Waals surface area contributed by atoms with Crippen LogP contribution in [0, 0.1) is 0 Å². The van der Waals surface area contributed by atoms with Crippen LogP contribution in [0.4, 0.5) is 18.9 Å². The molecule has 3 aromatic rings. The molecule has 0 saturated heterocycles. The van der Waals surface area contributed by atoms with E-state index in [1.54, 1.807) is 24.3 Å². The summed E-state index contributed by atoms with van der Waals surface area (Å²) in [6.07, 6.45) is -4.01. The van der Waals surface area contributed by atoms with Crippen molar-refractivity contribution in [1.82, 2.24) is 15.0 Å². The molecule has 1 N–H and O–H groups in total. The Labute approximate surface area is 182 Å². The Morgan fingerprint density at radius 1 is 1.27 bits per heavy atom. The van der Waals surface area contributed by atoms with Crippen molar-refractivity contribution in [2.75, 3.05) is 18.4 Å². The molecule has 4 rings (SSSR count). The number of anilines is 1. The van der Waals surface area contributed by atoms with Gasteiger partial charge in [0.15, 0.2) is 0 Å². The van der Waals surface area contributed by atoms with E-state index < -0.39 is 12.1 Å². The summed E-state index contributed by atoms with van der Waals surface area (Å²) < 4.78 is 42.3. The van der Waals surface area contributed by atoms with Gasteiger partial charge in [0, 0.05) is 23.7 Å². The molecule has 1 amide bonds. The first-order valence-electron chi connectivity index (χ1n) is 8.69. The number of hydrogen-bond acceptors (Lipinski definition) is 6. The number of nitrogens with zero attached hydrogens (tertiary/aromatic N) is 3. The zero-order chi connectivity index (χ0) is 21.5. The molecule has 1 aromatic carbocycles. The molecule has 0 bridgehead atoms. The maximum Gasteiger partial charge on any atom is 0.471 e. The van der Waals surface area contributed by atoms with E-state index in [2.05, 4.69) is 20.0 Å². The van der Waals surface area contributed by atoms with Crippen LogP contribution in [-0.2, 0) is 23.9 Å². The van der Waals surface area contributed by atoms with Gasteiger partial charge in [0.1, 0.15) is 0 Å². The summed E-state index contributed by atoms with van der Waals surface area (Å²) in [6.45, 7) is 1.29. The summed E-state index contributed by atoms with van der Waals surface area (Å²) in [4.78, 5) is 19.3. The van der Waals surface area contributed by atoms with Gasteiger partial charge in [-0.15, -0.1) is 11.3 Å². The molecule has 30 heavy (non-hydrogen) atoms. The molecule has 0 atom stereocenters. The number of benzene rings is 1. The highest BCUT2D eigenvalue weighted by Gasteiger charge is 2.38. The molecule has 0 radical (unpaired) electrons. The third kappa shape index (κ3) is 4.61. The van der Waals surface area contributed by atoms with Crippen LogP contribution in [0.2, 0.25) is 10.0 Å². The third-order valence-electron chi connectivity index (χ3n) is 4.41. The van der Waals surface area contributed by atoms with Crippen molar-refractivity contribution < 1.29 is 22.5 Å². The highest BCUT2D eigenvalue weighted by Crippen LogP contribution is 2.35. The van der Waals surface area contributed by atoms with Crippen LogP contribution >= 0.6 is 34.5 Å². The van der Waals surface area contributed by atoms with E-state index in [1.165, 1.54) is 11.3 Å². The molecular weight excluding hydrogens is 464 g/mol. The Balaban J connectivity index is 1.40. The van der Waals surface area contributed by atoms with E-state index in [4.69, 9.17) is 23.2 Å². The van der Waals surface area contributed by atoms with E-state index in [1.807, 2.05) is 4.90 Å². The van der Waals surface area contributed by atoms with Crippen molar-refractivity contribution in [1.29, 1.82) is 0 Å². The fraction of sp³-hybridized carbons (Fsp3) is 0.278. The second-order valence-corrected chi connectivity index (χ2v) is 8.57. The van der Waals surface area contributed by atoms with Gasteiger partial charge >= 0.3 is 12.1 Å². The maximum atomic E-state index is 12.7. The minimum atomic E-state index is -4.68.